The van der Waals surface area contributed by atoms with E-state index in [1.165, 1.54) is 37.9 Å². The Morgan fingerprint density at radius 2 is 2.08 bits per heavy atom. The summed E-state index contributed by atoms with van der Waals surface area (Å²) < 4.78 is 33.9. The Labute approximate surface area is 145 Å². The van der Waals surface area contributed by atoms with Crippen molar-refractivity contribution >= 4 is 12.1 Å². The fourth-order valence-corrected chi connectivity index (χ4v) is 2.67. The molecule has 1 aliphatic rings. The fraction of sp³-hybridized carbons (Fsp3) is 0.529. The van der Waals surface area contributed by atoms with Gasteiger partial charge < -0.3 is 19.6 Å². The minimum Gasteiger partial charge on any atom is -0.493 e. The van der Waals surface area contributed by atoms with Gasteiger partial charge in [0.2, 0.25) is 0 Å². The largest absolute Gasteiger partial charge is 0.493 e. The summed E-state index contributed by atoms with van der Waals surface area (Å²) in [7, 11) is 1.35. The lowest BCUT2D eigenvalue weighted by Crippen LogP contribution is -2.38. The van der Waals surface area contributed by atoms with Gasteiger partial charge in [-0.2, -0.15) is 8.78 Å². The maximum Gasteiger partial charge on any atom is 0.387 e. The van der Waals surface area contributed by atoms with Crippen molar-refractivity contribution in [3.63, 3.8) is 0 Å². The van der Waals surface area contributed by atoms with E-state index < -0.39 is 6.61 Å². The number of carbonyl (C=O) groups is 1. The summed E-state index contributed by atoms with van der Waals surface area (Å²) >= 11 is 0. The number of amides is 1. The molecule has 1 fully saturated rings. The van der Waals surface area contributed by atoms with Crippen molar-refractivity contribution in [3.05, 3.63) is 23.8 Å². The van der Waals surface area contributed by atoms with Gasteiger partial charge >= 0.3 is 6.61 Å². The normalized spacial score (nSPS) is 15.4. The van der Waals surface area contributed by atoms with E-state index in [0.29, 0.717) is 5.56 Å². The number of methoxy groups -OCH3 is 1. The van der Waals surface area contributed by atoms with Crippen LogP contribution in [0.4, 0.5) is 8.78 Å². The van der Waals surface area contributed by atoms with E-state index in [1.54, 1.807) is 0 Å². The SMILES string of the molecule is COc1cc(/C=N/OCC(=O)NC2CCCCC2)ccc1OC(F)F. The Balaban J connectivity index is 1.79. The van der Waals surface area contributed by atoms with Crippen LogP contribution in [0.2, 0.25) is 0 Å². The summed E-state index contributed by atoms with van der Waals surface area (Å²) in [6.45, 7) is -3.10. The molecule has 6 nitrogen and oxygen atoms in total. The first-order valence-electron chi connectivity index (χ1n) is 8.16. The highest BCUT2D eigenvalue weighted by atomic mass is 19.3. The average Bonchev–Trinajstić information content (AvgIpc) is 2.60. The highest BCUT2D eigenvalue weighted by molar-refractivity contribution is 5.81. The van der Waals surface area contributed by atoms with Gasteiger partial charge in [-0.15, -0.1) is 0 Å². The summed E-state index contributed by atoms with van der Waals surface area (Å²) in [5, 5.41) is 6.63. The van der Waals surface area contributed by atoms with Gasteiger partial charge in [-0.25, -0.2) is 0 Å². The van der Waals surface area contributed by atoms with Crippen LogP contribution in [0.25, 0.3) is 0 Å². The second kappa shape index (κ2) is 9.80. The van der Waals surface area contributed by atoms with Crippen LogP contribution in [0.1, 0.15) is 37.7 Å². The molecule has 1 N–H and O–H groups in total. The van der Waals surface area contributed by atoms with Crippen LogP contribution in [0.3, 0.4) is 0 Å². The van der Waals surface area contributed by atoms with Gasteiger partial charge in [-0.1, -0.05) is 24.4 Å². The number of nitrogens with zero attached hydrogens (tertiary/aromatic N) is 1. The maximum absolute atomic E-state index is 12.3. The standard InChI is InChI=1S/C17H22F2N2O4/c1-23-15-9-12(7-8-14(15)25-17(18)19)10-20-24-11-16(22)21-13-5-3-2-4-6-13/h7-10,13,17H,2-6,11H2,1H3,(H,21,22)/b20-10+. The number of benzene rings is 1. The van der Waals surface area contributed by atoms with E-state index in [1.807, 2.05) is 0 Å². The maximum atomic E-state index is 12.3. The first-order valence-corrected chi connectivity index (χ1v) is 8.16. The third-order valence-corrected chi connectivity index (χ3v) is 3.85. The molecule has 25 heavy (non-hydrogen) atoms. The molecule has 0 unspecified atom stereocenters. The lowest BCUT2D eigenvalue weighted by molar-refractivity contribution is -0.126. The number of ether oxygens (including phenoxy) is 2. The summed E-state index contributed by atoms with van der Waals surface area (Å²) in [5.41, 5.74) is 0.561. The highest BCUT2D eigenvalue weighted by Gasteiger charge is 2.15. The zero-order chi connectivity index (χ0) is 18.1. The molecule has 0 bridgehead atoms. The van der Waals surface area contributed by atoms with Gasteiger partial charge in [-0.3, -0.25) is 4.79 Å². The van der Waals surface area contributed by atoms with Gasteiger partial charge in [0.15, 0.2) is 18.1 Å². The molecule has 2 rings (SSSR count). The molecule has 0 heterocycles. The third-order valence-electron chi connectivity index (χ3n) is 3.85. The Bertz CT molecular complexity index is 590. The van der Waals surface area contributed by atoms with Gasteiger partial charge in [0.05, 0.1) is 13.3 Å². The van der Waals surface area contributed by atoms with Crippen LogP contribution in [0, 0.1) is 0 Å². The summed E-state index contributed by atoms with van der Waals surface area (Å²) in [4.78, 5) is 16.7. The molecule has 0 aliphatic heterocycles. The third kappa shape index (κ3) is 6.56. The van der Waals surface area contributed by atoms with Gasteiger partial charge in [0, 0.05) is 11.6 Å². The molecular weight excluding hydrogens is 334 g/mol. The van der Waals surface area contributed by atoms with Crippen LogP contribution in [-0.2, 0) is 9.63 Å². The molecule has 1 amide bonds. The first-order chi connectivity index (χ1) is 12.1. The Kier molecular flexibility index (Phi) is 7.43. The number of rotatable bonds is 8. The van der Waals surface area contributed by atoms with Crippen LogP contribution in [0.5, 0.6) is 11.5 Å². The number of alkyl halides is 2. The van der Waals surface area contributed by atoms with Crippen molar-refractivity contribution < 1.29 is 27.9 Å². The Hall–Kier alpha value is -2.38. The quantitative estimate of drug-likeness (QED) is 0.574. The summed E-state index contributed by atoms with van der Waals surface area (Å²) in [6.07, 6.45) is 6.86. The second-order valence-electron chi connectivity index (χ2n) is 5.70. The zero-order valence-electron chi connectivity index (χ0n) is 14.0. The fourth-order valence-electron chi connectivity index (χ4n) is 2.67. The Morgan fingerprint density at radius 1 is 1.32 bits per heavy atom. The number of oxime groups is 1. The monoisotopic (exact) mass is 356 g/mol. The Morgan fingerprint density at radius 3 is 2.76 bits per heavy atom. The molecule has 0 aromatic heterocycles. The van der Waals surface area contributed by atoms with Gasteiger partial charge in [0.25, 0.3) is 5.91 Å². The molecule has 0 saturated heterocycles. The van der Waals surface area contributed by atoms with E-state index >= 15 is 0 Å². The van der Waals surface area contributed by atoms with E-state index in [-0.39, 0.29) is 30.1 Å². The number of carbonyl (C=O) groups excluding carboxylic acids is 1. The van der Waals surface area contributed by atoms with Crippen molar-refractivity contribution in [2.24, 2.45) is 5.16 Å². The molecule has 0 atom stereocenters. The predicted octanol–water partition coefficient (Wildman–Crippen LogP) is 3.10. The molecule has 0 spiro atoms. The van der Waals surface area contributed by atoms with Crippen LogP contribution in [-0.4, -0.2) is 38.5 Å². The highest BCUT2D eigenvalue weighted by Crippen LogP contribution is 2.28. The zero-order valence-corrected chi connectivity index (χ0v) is 14.0. The number of hydrogen-bond acceptors (Lipinski definition) is 5. The lowest BCUT2D eigenvalue weighted by atomic mass is 9.95. The minimum absolute atomic E-state index is 0.0672. The molecular formula is C17H22F2N2O4. The molecule has 8 heteroatoms. The molecule has 1 saturated carbocycles. The molecule has 1 aromatic carbocycles. The smallest absolute Gasteiger partial charge is 0.387 e. The minimum atomic E-state index is -2.93. The summed E-state index contributed by atoms with van der Waals surface area (Å²) in [6, 6.07) is 4.57. The van der Waals surface area contributed by atoms with Crippen LogP contribution >= 0.6 is 0 Å². The van der Waals surface area contributed by atoms with Crippen molar-refractivity contribution in [1.29, 1.82) is 0 Å². The van der Waals surface area contributed by atoms with E-state index in [9.17, 15) is 13.6 Å². The molecule has 1 aromatic rings. The molecule has 1 aliphatic carbocycles. The van der Waals surface area contributed by atoms with E-state index in [0.717, 1.165) is 25.7 Å². The molecule has 0 radical (unpaired) electrons. The van der Waals surface area contributed by atoms with Crippen molar-refractivity contribution in [2.45, 2.75) is 44.8 Å². The molecule has 138 valence electrons. The first kappa shape index (κ1) is 19.0. The van der Waals surface area contributed by atoms with Gasteiger partial charge in [-0.05, 0) is 31.0 Å². The van der Waals surface area contributed by atoms with E-state index in [4.69, 9.17) is 9.57 Å². The topological polar surface area (TPSA) is 69.2 Å². The van der Waals surface area contributed by atoms with Crippen LogP contribution < -0.4 is 14.8 Å². The van der Waals surface area contributed by atoms with Crippen molar-refractivity contribution in [1.82, 2.24) is 5.32 Å². The van der Waals surface area contributed by atoms with Crippen molar-refractivity contribution in [2.75, 3.05) is 13.7 Å². The van der Waals surface area contributed by atoms with Gasteiger partial charge in [0.1, 0.15) is 0 Å². The van der Waals surface area contributed by atoms with Crippen LogP contribution in [0.15, 0.2) is 23.4 Å². The second-order valence-corrected chi connectivity index (χ2v) is 5.70. The van der Waals surface area contributed by atoms with E-state index in [2.05, 4.69) is 15.2 Å². The predicted molar refractivity (Wildman–Crippen MR) is 88.2 cm³/mol. The number of halogens is 2. The summed E-state index contributed by atoms with van der Waals surface area (Å²) in [5.74, 6) is -0.121. The average molecular weight is 356 g/mol. The number of hydrogen-bond donors (Lipinski definition) is 1. The lowest BCUT2D eigenvalue weighted by Gasteiger charge is -2.22. The number of nitrogens with one attached hydrogen (secondary N) is 1. The van der Waals surface area contributed by atoms with Crippen molar-refractivity contribution in [3.8, 4) is 11.5 Å².